The highest BCUT2D eigenvalue weighted by Gasteiger charge is 2.25. The Balaban J connectivity index is 2.35. The lowest BCUT2D eigenvalue weighted by Gasteiger charge is -2.14. The molecule has 0 amide bonds. The number of aliphatic carboxylic acids is 1. The average molecular weight is 284 g/mol. The van der Waals surface area contributed by atoms with Crippen molar-refractivity contribution in [2.75, 3.05) is 6.61 Å². The fraction of sp³-hybridized carbons (Fsp3) is 0.176. The van der Waals surface area contributed by atoms with E-state index >= 15 is 0 Å². The summed E-state index contributed by atoms with van der Waals surface area (Å²) in [5, 5.41) is 11.2. The van der Waals surface area contributed by atoms with E-state index in [0.29, 0.717) is 5.56 Å². The fourth-order valence-corrected chi connectivity index (χ4v) is 2.26. The Morgan fingerprint density at radius 3 is 2.62 bits per heavy atom. The van der Waals surface area contributed by atoms with Crippen molar-refractivity contribution < 1.29 is 19.4 Å². The van der Waals surface area contributed by atoms with Crippen LogP contribution in [-0.2, 0) is 14.3 Å². The lowest BCUT2D eigenvalue weighted by Crippen LogP contribution is -2.18. The van der Waals surface area contributed by atoms with Crippen LogP contribution in [0.15, 0.2) is 55.1 Å². The highest BCUT2D eigenvalue weighted by Crippen LogP contribution is 2.28. The van der Waals surface area contributed by atoms with E-state index in [9.17, 15) is 14.7 Å². The average Bonchev–Trinajstić information content (AvgIpc) is 2.50. The van der Waals surface area contributed by atoms with Crippen molar-refractivity contribution in [1.82, 2.24) is 0 Å². The number of esters is 1. The van der Waals surface area contributed by atoms with Crippen molar-refractivity contribution in [2.45, 2.75) is 12.3 Å². The molecule has 0 aliphatic rings. The topological polar surface area (TPSA) is 63.6 Å². The van der Waals surface area contributed by atoms with Gasteiger partial charge >= 0.3 is 11.9 Å². The summed E-state index contributed by atoms with van der Waals surface area (Å²) in [6.07, 6.45) is 1.25. The molecule has 1 unspecified atom stereocenters. The first kappa shape index (κ1) is 14.8. The van der Waals surface area contributed by atoms with Crippen LogP contribution in [0, 0.1) is 0 Å². The maximum absolute atomic E-state index is 11.7. The summed E-state index contributed by atoms with van der Waals surface area (Å²) in [5.74, 6) is -2.51. The lowest BCUT2D eigenvalue weighted by atomic mass is 9.91. The number of carbonyl (C=O) groups excluding carboxylic acids is 1. The molecule has 4 nitrogen and oxygen atoms in total. The first-order chi connectivity index (χ1) is 10.1. The van der Waals surface area contributed by atoms with Crippen molar-refractivity contribution in [2.24, 2.45) is 0 Å². The van der Waals surface area contributed by atoms with Gasteiger partial charge in [0.15, 0.2) is 0 Å². The van der Waals surface area contributed by atoms with E-state index in [1.54, 1.807) is 12.1 Å². The summed E-state index contributed by atoms with van der Waals surface area (Å²) in [6, 6.07) is 12.9. The summed E-state index contributed by atoms with van der Waals surface area (Å²) in [5.41, 5.74) is 0.621. The van der Waals surface area contributed by atoms with Gasteiger partial charge < -0.3 is 9.84 Å². The molecule has 1 atom stereocenters. The van der Waals surface area contributed by atoms with Gasteiger partial charge in [-0.05, 0) is 16.3 Å². The van der Waals surface area contributed by atoms with Gasteiger partial charge in [0.1, 0.15) is 6.61 Å². The van der Waals surface area contributed by atoms with E-state index < -0.39 is 17.9 Å². The van der Waals surface area contributed by atoms with Crippen LogP contribution in [0.25, 0.3) is 10.8 Å². The van der Waals surface area contributed by atoms with Crippen LogP contribution in [0.4, 0.5) is 0 Å². The number of rotatable bonds is 6. The van der Waals surface area contributed by atoms with E-state index in [2.05, 4.69) is 6.58 Å². The zero-order chi connectivity index (χ0) is 15.2. The van der Waals surface area contributed by atoms with Gasteiger partial charge in [-0.3, -0.25) is 9.59 Å². The molecule has 2 aromatic rings. The summed E-state index contributed by atoms with van der Waals surface area (Å²) in [7, 11) is 0. The summed E-state index contributed by atoms with van der Waals surface area (Å²) >= 11 is 0. The van der Waals surface area contributed by atoms with Gasteiger partial charge in [0, 0.05) is 0 Å². The van der Waals surface area contributed by atoms with E-state index in [-0.39, 0.29) is 13.0 Å². The number of benzene rings is 2. The van der Waals surface area contributed by atoms with Crippen LogP contribution in [0.1, 0.15) is 17.9 Å². The van der Waals surface area contributed by atoms with Gasteiger partial charge in [0.05, 0.1) is 12.3 Å². The van der Waals surface area contributed by atoms with Crippen LogP contribution >= 0.6 is 0 Å². The maximum Gasteiger partial charge on any atom is 0.311 e. The van der Waals surface area contributed by atoms with Gasteiger partial charge in [0.25, 0.3) is 0 Å². The van der Waals surface area contributed by atoms with Crippen molar-refractivity contribution in [3.8, 4) is 0 Å². The van der Waals surface area contributed by atoms with E-state index in [1.165, 1.54) is 6.08 Å². The molecule has 0 fully saturated rings. The third kappa shape index (κ3) is 3.48. The molecule has 0 aliphatic heterocycles. The number of carbonyl (C=O) groups is 2. The molecule has 108 valence electrons. The third-order valence-corrected chi connectivity index (χ3v) is 3.23. The molecule has 1 N–H and O–H groups in total. The second-order valence-corrected chi connectivity index (χ2v) is 4.64. The predicted molar refractivity (Wildman–Crippen MR) is 80.1 cm³/mol. The molecular weight excluding hydrogens is 268 g/mol. The first-order valence-electron chi connectivity index (χ1n) is 6.60. The fourth-order valence-electron chi connectivity index (χ4n) is 2.26. The number of hydrogen-bond acceptors (Lipinski definition) is 3. The Hall–Kier alpha value is -2.62. The molecular formula is C17H16O4. The minimum atomic E-state index is -1.04. The molecule has 0 heterocycles. The summed E-state index contributed by atoms with van der Waals surface area (Å²) in [4.78, 5) is 23.2. The molecule has 4 heteroatoms. The minimum Gasteiger partial charge on any atom is -0.481 e. The van der Waals surface area contributed by atoms with Gasteiger partial charge in [-0.1, -0.05) is 55.1 Å². The van der Waals surface area contributed by atoms with E-state index in [0.717, 1.165) is 10.8 Å². The second-order valence-electron chi connectivity index (χ2n) is 4.64. The molecule has 0 aliphatic carbocycles. The Bertz CT molecular complexity index is 670. The molecule has 0 saturated carbocycles. The van der Waals surface area contributed by atoms with Crippen molar-refractivity contribution in [3.63, 3.8) is 0 Å². The number of ether oxygens (including phenoxy) is 1. The standard InChI is InChI=1S/C17H16O4/c1-2-10-21-16(18)11-15(17(19)20)14-9-5-7-12-6-3-4-8-13(12)14/h2-9,15H,1,10-11H2,(H,19,20). The molecule has 0 saturated heterocycles. The highest BCUT2D eigenvalue weighted by atomic mass is 16.5. The maximum atomic E-state index is 11.7. The monoisotopic (exact) mass is 284 g/mol. The van der Waals surface area contributed by atoms with Gasteiger partial charge in [0.2, 0.25) is 0 Å². The smallest absolute Gasteiger partial charge is 0.311 e. The lowest BCUT2D eigenvalue weighted by molar-refractivity contribution is -0.148. The van der Waals surface area contributed by atoms with E-state index in [1.807, 2.05) is 30.3 Å². The summed E-state index contributed by atoms with van der Waals surface area (Å²) in [6.45, 7) is 3.54. The Kier molecular flexibility index (Phi) is 4.72. The minimum absolute atomic E-state index is 0.0840. The summed E-state index contributed by atoms with van der Waals surface area (Å²) < 4.78 is 4.89. The number of hydrogen-bond donors (Lipinski definition) is 1. The number of carboxylic acids is 1. The van der Waals surface area contributed by atoms with Gasteiger partial charge in [-0.2, -0.15) is 0 Å². The Morgan fingerprint density at radius 1 is 1.19 bits per heavy atom. The number of carboxylic acid groups (broad SMARTS) is 1. The van der Waals surface area contributed by atoms with Crippen LogP contribution in [0.2, 0.25) is 0 Å². The molecule has 0 bridgehead atoms. The van der Waals surface area contributed by atoms with Crippen molar-refractivity contribution in [1.29, 1.82) is 0 Å². The second kappa shape index (κ2) is 6.70. The van der Waals surface area contributed by atoms with Gasteiger partial charge in [-0.25, -0.2) is 0 Å². The van der Waals surface area contributed by atoms with Crippen LogP contribution in [-0.4, -0.2) is 23.7 Å². The molecule has 0 aromatic heterocycles. The Labute approximate surface area is 122 Å². The first-order valence-corrected chi connectivity index (χ1v) is 6.60. The zero-order valence-electron chi connectivity index (χ0n) is 11.5. The predicted octanol–water partition coefficient (Wildman–Crippen LogP) is 3.13. The van der Waals surface area contributed by atoms with Gasteiger partial charge in [-0.15, -0.1) is 0 Å². The van der Waals surface area contributed by atoms with Crippen molar-refractivity contribution >= 4 is 22.7 Å². The normalized spacial score (nSPS) is 11.8. The largest absolute Gasteiger partial charge is 0.481 e. The quantitative estimate of drug-likeness (QED) is 0.654. The van der Waals surface area contributed by atoms with Crippen LogP contribution in [0.5, 0.6) is 0 Å². The number of fused-ring (bicyclic) bond motifs is 1. The highest BCUT2D eigenvalue weighted by molar-refractivity contribution is 5.92. The van der Waals surface area contributed by atoms with Crippen LogP contribution < -0.4 is 0 Å². The molecule has 2 rings (SSSR count). The molecule has 2 aromatic carbocycles. The zero-order valence-corrected chi connectivity index (χ0v) is 11.5. The Morgan fingerprint density at radius 2 is 1.90 bits per heavy atom. The molecule has 0 spiro atoms. The third-order valence-electron chi connectivity index (χ3n) is 3.23. The molecule has 21 heavy (non-hydrogen) atoms. The molecule has 0 radical (unpaired) electrons. The van der Waals surface area contributed by atoms with Crippen molar-refractivity contribution in [3.05, 3.63) is 60.7 Å². The SMILES string of the molecule is C=CCOC(=O)CC(C(=O)O)c1cccc2ccccc12. The van der Waals surface area contributed by atoms with Crippen LogP contribution in [0.3, 0.4) is 0 Å². The van der Waals surface area contributed by atoms with E-state index in [4.69, 9.17) is 4.74 Å².